The number of carbonyl (C=O) groups excluding carboxylic acids is 1. The van der Waals surface area contributed by atoms with Crippen molar-refractivity contribution in [2.24, 2.45) is 0 Å². The summed E-state index contributed by atoms with van der Waals surface area (Å²) < 4.78 is 0.403. The molecule has 0 saturated heterocycles. The molecule has 0 aliphatic carbocycles. The molecule has 0 aliphatic heterocycles. The molecule has 2 N–H and O–H groups in total. The van der Waals surface area contributed by atoms with Crippen LogP contribution in [-0.2, 0) is 0 Å². The van der Waals surface area contributed by atoms with Gasteiger partial charge in [0, 0.05) is 5.56 Å². The second kappa shape index (κ2) is 5.20. The number of carbonyl (C=O) groups is 1. The molecule has 0 unspecified atom stereocenters. The molecule has 0 bridgehead atoms. The van der Waals surface area contributed by atoms with Crippen LogP contribution >= 0.6 is 15.9 Å². The quantitative estimate of drug-likeness (QED) is 0.661. The number of para-hydroxylation sites is 1. The van der Waals surface area contributed by atoms with E-state index >= 15 is 0 Å². The third kappa shape index (κ3) is 2.37. The van der Waals surface area contributed by atoms with Crippen molar-refractivity contribution < 1.29 is 15.1 Å². The number of anilines is 1. The van der Waals surface area contributed by atoms with Crippen molar-refractivity contribution in [3.05, 3.63) is 58.6 Å². The highest BCUT2D eigenvalue weighted by Crippen LogP contribution is 2.34. The number of rotatable bonds is 2. The molecule has 5 heteroatoms. The van der Waals surface area contributed by atoms with E-state index in [1.807, 2.05) is 0 Å². The van der Waals surface area contributed by atoms with Gasteiger partial charge in [-0.1, -0.05) is 24.3 Å². The van der Waals surface area contributed by atoms with Crippen LogP contribution in [0.2, 0.25) is 0 Å². The first-order valence-electron chi connectivity index (χ1n) is 5.17. The van der Waals surface area contributed by atoms with Gasteiger partial charge in [-0.05, 0) is 40.2 Å². The minimum absolute atomic E-state index is 0.0261. The molecular weight excluding hydrogens is 298 g/mol. The number of aromatic hydroxyl groups is 1. The first kappa shape index (κ1) is 12.6. The molecule has 4 nitrogen and oxygen atoms in total. The number of benzene rings is 2. The van der Waals surface area contributed by atoms with Crippen LogP contribution in [0.3, 0.4) is 0 Å². The Bertz CT molecular complexity index is 572. The lowest BCUT2D eigenvalue weighted by molar-refractivity contribution is 0.0852. The Morgan fingerprint density at radius 1 is 1.06 bits per heavy atom. The van der Waals surface area contributed by atoms with Gasteiger partial charge in [0.05, 0.1) is 4.47 Å². The Hall–Kier alpha value is -1.85. The van der Waals surface area contributed by atoms with Crippen LogP contribution in [0.1, 0.15) is 10.4 Å². The zero-order valence-electron chi connectivity index (χ0n) is 9.25. The summed E-state index contributed by atoms with van der Waals surface area (Å²) in [6.07, 6.45) is 0. The van der Waals surface area contributed by atoms with E-state index < -0.39 is 5.91 Å². The maximum Gasteiger partial charge on any atom is 0.282 e. The Morgan fingerprint density at radius 2 is 1.72 bits per heavy atom. The monoisotopic (exact) mass is 307 g/mol. The summed E-state index contributed by atoms with van der Waals surface area (Å²) in [4.78, 5) is 12.0. The van der Waals surface area contributed by atoms with E-state index in [1.54, 1.807) is 42.5 Å². The summed E-state index contributed by atoms with van der Waals surface area (Å²) in [5.41, 5.74) is 0.359. The third-order valence-electron chi connectivity index (χ3n) is 2.41. The minimum atomic E-state index is -0.607. The lowest BCUT2D eigenvalue weighted by Crippen LogP contribution is -2.26. The van der Waals surface area contributed by atoms with Crippen molar-refractivity contribution in [1.29, 1.82) is 0 Å². The fraction of sp³-hybridized carbons (Fsp3) is 0. The average molecular weight is 308 g/mol. The normalized spacial score (nSPS) is 10.1. The van der Waals surface area contributed by atoms with E-state index in [2.05, 4.69) is 15.9 Å². The molecule has 92 valence electrons. The van der Waals surface area contributed by atoms with Crippen molar-refractivity contribution in [2.45, 2.75) is 0 Å². The van der Waals surface area contributed by atoms with Crippen molar-refractivity contribution in [2.75, 3.05) is 5.06 Å². The highest BCUT2D eigenvalue weighted by molar-refractivity contribution is 9.10. The molecule has 18 heavy (non-hydrogen) atoms. The zero-order valence-corrected chi connectivity index (χ0v) is 10.8. The lowest BCUT2D eigenvalue weighted by Gasteiger charge is -2.16. The number of hydrogen-bond acceptors (Lipinski definition) is 3. The van der Waals surface area contributed by atoms with E-state index in [9.17, 15) is 15.1 Å². The predicted octanol–water partition coefficient (Wildman–Crippen LogP) is 3.19. The van der Waals surface area contributed by atoms with Crippen molar-refractivity contribution in [3.63, 3.8) is 0 Å². The standard InChI is InChI=1S/C13H10BrNO3/c14-10-7-4-8-11(12(10)16)15(18)13(17)9-5-2-1-3-6-9/h1-8,16,18H. The summed E-state index contributed by atoms with van der Waals surface area (Å²) >= 11 is 3.12. The molecule has 0 saturated carbocycles. The second-order valence-electron chi connectivity index (χ2n) is 3.59. The molecule has 2 rings (SSSR count). The summed E-state index contributed by atoms with van der Waals surface area (Å²) in [6.45, 7) is 0. The molecule has 0 aliphatic rings. The molecule has 2 aromatic carbocycles. The number of nitrogens with zero attached hydrogens (tertiary/aromatic N) is 1. The highest BCUT2D eigenvalue weighted by Gasteiger charge is 2.19. The number of phenolic OH excluding ortho intramolecular Hbond substituents is 1. The van der Waals surface area contributed by atoms with Gasteiger partial charge >= 0.3 is 0 Å². The summed E-state index contributed by atoms with van der Waals surface area (Å²) in [5, 5.41) is 20.0. The molecule has 0 atom stereocenters. The van der Waals surface area contributed by atoms with Gasteiger partial charge in [-0.3, -0.25) is 10.0 Å². The average Bonchev–Trinajstić information content (AvgIpc) is 2.41. The maximum absolute atomic E-state index is 12.0. The van der Waals surface area contributed by atoms with Gasteiger partial charge in [0.2, 0.25) is 0 Å². The van der Waals surface area contributed by atoms with Gasteiger partial charge in [-0.15, -0.1) is 0 Å². The molecule has 2 aromatic rings. The van der Waals surface area contributed by atoms with E-state index in [0.717, 1.165) is 0 Å². The van der Waals surface area contributed by atoms with Crippen LogP contribution in [0.15, 0.2) is 53.0 Å². The fourth-order valence-corrected chi connectivity index (χ4v) is 1.84. The third-order valence-corrected chi connectivity index (χ3v) is 3.05. The van der Waals surface area contributed by atoms with Gasteiger partial charge in [-0.2, -0.15) is 5.06 Å². The van der Waals surface area contributed by atoms with Crippen LogP contribution in [0.5, 0.6) is 5.75 Å². The Balaban J connectivity index is 2.35. The predicted molar refractivity (Wildman–Crippen MR) is 70.8 cm³/mol. The zero-order chi connectivity index (χ0) is 13.1. The molecule has 1 amide bonds. The van der Waals surface area contributed by atoms with Crippen LogP contribution in [0.4, 0.5) is 5.69 Å². The maximum atomic E-state index is 12.0. The molecule has 0 radical (unpaired) electrons. The van der Waals surface area contributed by atoms with Gasteiger partial charge < -0.3 is 5.11 Å². The van der Waals surface area contributed by atoms with E-state index in [1.165, 1.54) is 6.07 Å². The first-order valence-corrected chi connectivity index (χ1v) is 5.96. The van der Waals surface area contributed by atoms with Crippen molar-refractivity contribution in [1.82, 2.24) is 0 Å². The number of hydrogen-bond donors (Lipinski definition) is 2. The Morgan fingerprint density at radius 3 is 2.39 bits per heavy atom. The number of amides is 1. The van der Waals surface area contributed by atoms with E-state index in [4.69, 9.17) is 0 Å². The van der Waals surface area contributed by atoms with Crippen LogP contribution in [0.25, 0.3) is 0 Å². The molecular formula is C13H10BrNO3. The highest BCUT2D eigenvalue weighted by atomic mass is 79.9. The van der Waals surface area contributed by atoms with Gasteiger partial charge in [0.1, 0.15) is 5.69 Å². The molecule has 0 heterocycles. The second-order valence-corrected chi connectivity index (χ2v) is 4.44. The van der Waals surface area contributed by atoms with Gasteiger partial charge in [-0.25, -0.2) is 0 Å². The largest absolute Gasteiger partial charge is 0.505 e. The number of hydroxylamine groups is 1. The lowest BCUT2D eigenvalue weighted by atomic mass is 10.2. The van der Waals surface area contributed by atoms with Crippen LogP contribution in [0, 0.1) is 0 Å². The molecule has 0 spiro atoms. The minimum Gasteiger partial charge on any atom is -0.505 e. The Kier molecular flexibility index (Phi) is 3.64. The number of halogens is 1. The Labute approximate surface area is 112 Å². The molecule has 0 aromatic heterocycles. The summed E-state index contributed by atoms with van der Waals surface area (Å²) in [6, 6.07) is 13.0. The SMILES string of the molecule is O=C(c1ccccc1)N(O)c1cccc(Br)c1O. The van der Waals surface area contributed by atoms with Gasteiger partial charge in [0.25, 0.3) is 5.91 Å². The van der Waals surface area contributed by atoms with Gasteiger partial charge in [0.15, 0.2) is 5.75 Å². The van der Waals surface area contributed by atoms with Crippen molar-refractivity contribution in [3.8, 4) is 5.75 Å². The van der Waals surface area contributed by atoms with Crippen molar-refractivity contribution >= 4 is 27.5 Å². The van der Waals surface area contributed by atoms with Crippen LogP contribution in [-0.4, -0.2) is 16.2 Å². The van der Waals surface area contributed by atoms with E-state index in [-0.39, 0.29) is 11.4 Å². The smallest absolute Gasteiger partial charge is 0.282 e. The van der Waals surface area contributed by atoms with Crippen LogP contribution < -0.4 is 5.06 Å². The first-order chi connectivity index (χ1) is 8.61. The topological polar surface area (TPSA) is 60.8 Å². The fourth-order valence-electron chi connectivity index (χ4n) is 1.49. The number of phenols is 1. The van der Waals surface area contributed by atoms with E-state index in [0.29, 0.717) is 15.1 Å². The summed E-state index contributed by atoms with van der Waals surface area (Å²) in [7, 11) is 0. The molecule has 0 fully saturated rings. The summed E-state index contributed by atoms with van der Waals surface area (Å²) in [5.74, 6) is -0.798.